The van der Waals surface area contributed by atoms with Crippen molar-refractivity contribution in [3.05, 3.63) is 42.7 Å². The highest BCUT2D eigenvalue weighted by Crippen LogP contribution is 2.35. The van der Waals surface area contributed by atoms with Gasteiger partial charge in [0.2, 0.25) is 17.7 Å². The van der Waals surface area contributed by atoms with Crippen LogP contribution in [0.15, 0.2) is 42.7 Å². The van der Waals surface area contributed by atoms with E-state index < -0.39 is 23.5 Å². The minimum absolute atomic E-state index is 0.272. The number of aromatic nitrogens is 2. The van der Waals surface area contributed by atoms with E-state index in [1.165, 1.54) is 24.9 Å². The topological polar surface area (TPSA) is 147 Å². The quantitative estimate of drug-likeness (QED) is 0.228. The summed E-state index contributed by atoms with van der Waals surface area (Å²) in [6, 6.07) is 10.7. The van der Waals surface area contributed by atoms with Crippen LogP contribution in [0.2, 0.25) is 0 Å². The van der Waals surface area contributed by atoms with E-state index in [0.717, 1.165) is 45.0 Å². The number of piperazine rings is 1. The number of piperidine rings is 1. The first-order valence-corrected chi connectivity index (χ1v) is 19.3. The van der Waals surface area contributed by atoms with Crippen LogP contribution in [-0.2, 0) is 14.4 Å². The molecule has 3 aromatic rings. The number of nitrogens with zero attached hydrogens (tertiary/aromatic N) is 6. The maximum absolute atomic E-state index is 14.0. The number of methoxy groups -OCH3 is 1. The Hall–Kier alpha value is -4.53. The van der Waals surface area contributed by atoms with Crippen LogP contribution in [-0.4, -0.2) is 134 Å². The van der Waals surface area contributed by atoms with Gasteiger partial charge in [0.25, 0.3) is 0 Å². The Morgan fingerprint density at radius 1 is 0.926 bits per heavy atom. The van der Waals surface area contributed by atoms with Gasteiger partial charge in [-0.2, -0.15) is 0 Å². The van der Waals surface area contributed by atoms with Crippen LogP contribution in [0, 0.1) is 5.41 Å². The zero-order valence-electron chi connectivity index (χ0n) is 32.9. The molecule has 3 aliphatic rings. The Bertz CT molecular complexity index is 1780. The van der Waals surface area contributed by atoms with Gasteiger partial charge in [-0.15, -0.1) is 0 Å². The molecule has 0 radical (unpaired) electrons. The SMILES string of the molecule is CN[C@@H](C)C(=O)N[C@H](C(=O)N1CCC[C@H]1C(=O)Nc1cc2c(Nc3ccc(N4CCC(N5CCN(C)CC5)CC4)cc3)ncnc2cc1OC)C(C)(C)C. The van der Waals surface area contributed by atoms with E-state index in [-0.39, 0.29) is 17.7 Å². The molecule has 0 saturated carbocycles. The molecule has 14 heteroatoms. The monoisotopic (exact) mass is 742 g/mol. The normalized spacial score (nSPS) is 20.1. The Labute approximate surface area is 319 Å². The number of hydrogen-bond donors (Lipinski definition) is 4. The second-order valence-electron chi connectivity index (χ2n) is 16.0. The first kappa shape index (κ1) is 39.2. The second-order valence-corrected chi connectivity index (χ2v) is 16.0. The summed E-state index contributed by atoms with van der Waals surface area (Å²) in [5.74, 6) is 0.166. The van der Waals surface area contributed by atoms with Crippen LogP contribution in [0.5, 0.6) is 5.75 Å². The summed E-state index contributed by atoms with van der Waals surface area (Å²) in [6.45, 7) is 14.6. The fourth-order valence-electron chi connectivity index (χ4n) is 7.75. The van der Waals surface area contributed by atoms with Crippen LogP contribution in [0.25, 0.3) is 10.9 Å². The van der Waals surface area contributed by atoms with E-state index in [1.807, 2.05) is 26.8 Å². The number of ether oxygens (including phenoxy) is 1. The van der Waals surface area contributed by atoms with Gasteiger partial charge < -0.3 is 40.7 Å². The summed E-state index contributed by atoms with van der Waals surface area (Å²) >= 11 is 0. The molecular formula is C40H58N10O4. The van der Waals surface area contributed by atoms with Gasteiger partial charge in [0.1, 0.15) is 30.0 Å². The van der Waals surface area contributed by atoms with Gasteiger partial charge in [-0.3, -0.25) is 19.3 Å². The zero-order chi connectivity index (χ0) is 38.6. The third-order valence-electron chi connectivity index (χ3n) is 11.3. The highest BCUT2D eigenvalue weighted by Gasteiger charge is 2.42. The Morgan fingerprint density at radius 3 is 2.28 bits per heavy atom. The lowest BCUT2D eigenvalue weighted by Crippen LogP contribution is -2.59. The summed E-state index contributed by atoms with van der Waals surface area (Å²) in [5, 5.41) is 13.0. The van der Waals surface area contributed by atoms with E-state index in [0.29, 0.717) is 53.6 Å². The number of likely N-dealkylation sites (tertiary alicyclic amines) is 1. The van der Waals surface area contributed by atoms with Crippen molar-refractivity contribution in [2.75, 3.05) is 82.6 Å². The molecule has 4 heterocycles. The molecule has 3 fully saturated rings. The van der Waals surface area contributed by atoms with E-state index in [4.69, 9.17) is 4.74 Å². The fraction of sp³-hybridized carbons (Fsp3) is 0.575. The fourth-order valence-corrected chi connectivity index (χ4v) is 7.75. The largest absolute Gasteiger partial charge is 0.494 e. The highest BCUT2D eigenvalue weighted by atomic mass is 16.5. The van der Waals surface area contributed by atoms with Crippen LogP contribution in [0.1, 0.15) is 53.4 Å². The Kier molecular flexibility index (Phi) is 12.2. The standard InChI is InChI=1S/C40H58N10O4/c1-26(41-5)37(51)46-35(40(2,3)4)39(53)50-16-8-9-33(50)38(52)45-32-23-30-31(24-34(32)54-7)42-25-43-36(30)44-27-10-12-28(13-11-27)48-17-14-29(15-18-48)49-21-19-47(6)20-22-49/h10-13,23-26,29,33,35,41H,8-9,14-22H2,1-7H3,(H,45,52)(H,46,51)(H,42,43,44)/t26-,33-,35+/m0/s1. The highest BCUT2D eigenvalue weighted by molar-refractivity contribution is 6.03. The molecule has 4 N–H and O–H groups in total. The molecule has 3 amide bonds. The van der Waals surface area contributed by atoms with Crippen molar-refractivity contribution in [3.8, 4) is 5.75 Å². The first-order valence-electron chi connectivity index (χ1n) is 19.3. The van der Waals surface area contributed by atoms with Crippen molar-refractivity contribution >= 4 is 51.5 Å². The maximum atomic E-state index is 14.0. The number of benzene rings is 2. The molecule has 292 valence electrons. The summed E-state index contributed by atoms with van der Waals surface area (Å²) in [5.41, 5.74) is 2.63. The number of likely N-dealkylation sites (N-methyl/N-ethyl adjacent to an activating group) is 2. The van der Waals surface area contributed by atoms with Gasteiger partial charge in [0.15, 0.2) is 0 Å². The van der Waals surface area contributed by atoms with Crippen LogP contribution >= 0.6 is 0 Å². The van der Waals surface area contributed by atoms with Crippen LogP contribution in [0.3, 0.4) is 0 Å². The molecule has 0 spiro atoms. The molecule has 3 atom stereocenters. The molecular weight excluding hydrogens is 685 g/mol. The summed E-state index contributed by atoms with van der Waals surface area (Å²) < 4.78 is 5.69. The number of anilines is 4. The molecule has 3 aliphatic heterocycles. The third kappa shape index (κ3) is 8.88. The minimum Gasteiger partial charge on any atom is -0.494 e. The zero-order valence-corrected chi connectivity index (χ0v) is 32.9. The summed E-state index contributed by atoms with van der Waals surface area (Å²) in [6.07, 6.45) is 5.04. The van der Waals surface area contributed by atoms with Crippen LogP contribution in [0.4, 0.5) is 22.9 Å². The summed E-state index contributed by atoms with van der Waals surface area (Å²) in [7, 11) is 5.45. The molecule has 3 saturated heterocycles. The lowest BCUT2D eigenvalue weighted by molar-refractivity contribution is -0.143. The van der Waals surface area contributed by atoms with Gasteiger partial charge in [-0.05, 0) is 82.4 Å². The number of fused-ring (bicyclic) bond motifs is 1. The number of amides is 3. The van der Waals surface area contributed by atoms with E-state index in [9.17, 15) is 14.4 Å². The van der Waals surface area contributed by atoms with Gasteiger partial charge in [0, 0.05) is 74.7 Å². The molecule has 6 rings (SSSR count). The van der Waals surface area contributed by atoms with Gasteiger partial charge in [0.05, 0.1) is 24.4 Å². The van der Waals surface area contributed by atoms with E-state index >= 15 is 0 Å². The van der Waals surface area contributed by atoms with E-state index in [2.05, 4.69) is 77.2 Å². The molecule has 0 bridgehead atoms. The summed E-state index contributed by atoms with van der Waals surface area (Å²) in [4.78, 5) is 58.9. The number of nitrogens with one attached hydrogen (secondary N) is 4. The Balaban J connectivity index is 1.14. The van der Waals surface area contributed by atoms with Crippen molar-refractivity contribution < 1.29 is 19.1 Å². The first-order chi connectivity index (χ1) is 25.9. The lowest BCUT2D eigenvalue weighted by atomic mass is 9.85. The maximum Gasteiger partial charge on any atom is 0.247 e. The number of rotatable bonds is 11. The number of carbonyl (C=O) groups is 3. The van der Waals surface area contributed by atoms with Crippen molar-refractivity contribution in [2.24, 2.45) is 5.41 Å². The number of carbonyl (C=O) groups excluding carboxylic acids is 3. The third-order valence-corrected chi connectivity index (χ3v) is 11.3. The predicted octanol–water partition coefficient (Wildman–Crippen LogP) is 3.67. The average molecular weight is 743 g/mol. The molecule has 2 aromatic carbocycles. The van der Waals surface area contributed by atoms with Crippen molar-refractivity contribution in [2.45, 2.75) is 77.5 Å². The van der Waals surface area contributed by atoms with Crippen molar-refractivity contribution in [1.29, 1.82) is 0 Å². The lowest BCUT2D eigenvalue weighted by Gasteiger charge is -2.42. The Morgan fingerprint density at radius 2 is 1.63 bits per heavy atom. The predicted molar refractivity (Wildman–Crippen MR) is 213 cm³/mol. The number of hydrogen-bond acceptors (Lipinski definition) is 11. The van der Waals surface area contributed by atoms with Gasteiger partial charge >= 0.3 is 0 Å². The molecule has 54 heavy (non-hydrogen) atoms. The van der Waals surface area contributed by atoms with Gasteiger partial charge in [-0.1, -0.05) is 20.8 Å². The van der Waals surface area contributed by atoms with Crippen molar-refractivity contribution in [3.63, 3.8) is 0 Å². The van der Waals surface area contributed by atoms with Crippen LogP contribution < -0.4 is 30.9 Å². The van der Waals surface area contributed by atoms with Crippen molar-refractivity contribution in [1.82, 2.24) is 35.3 Å². The van der Waals surface area contributed by atoms with E-state index in [1.54, 1.807) is 32.0 Å². The smallest absolute Gasteiger partial charge is 0.247 e. The molecule has 0 aliphatic carbocycles. The van der Waals surface area contributed by atoms with Gasteiger partial charge in [-0.25, -0.2) is 9.97 Å². The molecule has 1 aromatic heterocycles. The minimum atomic E-state index is -0.802. The average Bonchev–Trinajstić information content (AvgIpc) is 3.67. The second kappa shape index (κ2) is 16.9. The molecule has 0 unspecified atom stereocenters. The molecule has 14 nitrogen and oxygen atoms in total.